The lowest BCUT2D eigenvalue weighted by Gasteiger charge is -2.41. The molecule has 4 atom stereocenters. The van der Waals surface area contributed by atoms with E-state index in [0.717, 1.165) is 37.5 Å². The highest BCUT2D eigenvalue weighted by molar-refractivity contribution is 4.92. The molecule has 0 bridgehead atoms. The van der Waals surface area contributed by atoms with Gasteiger partial charge in [0.05, 0.1) is 0 Å². The third-order valence-electron chi connectivity index (χ3n) is 6.70. The molecule has 2 heteroatoms. The molecule has 0 saturated heterocycles. The smallest absolute Gasteiger partial charge is 0.134 e. The van der Waals surface area contributed by atoms with Gasteiger partial charge < -0.3 is 0 Å². The number of alkyl halides is 2. The van der Waals surface area contributed by atoms with Gasteiger partial charge in [-0.25, -0.2) is 8.78 Å². The van der Waals surface area contributed by atoms with Crippen molar-refractivity contribution in [3.63, 3.8) is 0 Å². The minimum atomic E-state index is -1.21. The summed E-state index contributed by atoms with van der Waals surface area (Å²) in [6, 6.07) is 0. The van der Waals surface area contributed by atoms with Gasteiger partial charge >= 0.3 is 0 Å². The molecule has 3 saturated carbocycles. The lowest BCUT2D eigenvalue weighted by Crippen LogP contribution is -2.41. The highest BCUT2D eigenvalue weighted by Crippen LogP contribution is 2.46. The quantitative estimate of drug-likeness (QED) is 0.609. The molecule has 3 aliphatic rings. The van der Waals surface area contributed by atoms with Crippen LogP contribution in [0.15, 0.2) is 0 Å². The number of hydrogen-bond acceptors (Lipinski definition) is 0. The molecule has 3 fully saturated rings. The lowest BCUT2D eigenvalue weighted by atomic mass is 9.66. The molecule has 20 heavy (non-hydrogen) atoms. The summed E-state index contributed by atoms with van der Waals surface area (Å²) in [5.41, 5.74) is 0. The monoisotopic (exact) mass is 284 g/mol. The summed E-state index contributed by atoms with van der Waals surface area (Å²) in [4.78, 5) is 0. The van der Waals surface area contributed by atoms with Crippen LogP contribution in [0.25, 0.3) is 0 Å². The van der Waals surface area contributed by atoms with Gasteiger partial charge in [0.2, 0.25) is 0 Å². The molecule has 0 aromatic rings. The van der Waals surface area contributed by atoms with E-state index in [9.17, 15) is 8.78 Å². The molecule has 0 aromatic heterocycles. The Morgan fingerprint density at radius 2 is 1.15 bits per heavy atom. The third kappa shape index (κ3) is 2.90. The fourth-order valence-electron chi connectivity index (χ4n) is 5.29. The second kappa shape index (κ2) is 6.32. The first-order chi connectivity index (χ1) is 9.66. The molecule has 3 rings (SSSR count). The Hall–Kier alpha value is -0.140. The van der Waals surface area contributed by atoms with E-state index in [-0.39, 0.29) is 11.8 Å². The summed E-state index contributed by atoms with van der Waals surface area (Å²) in [5.74, 6) is 2.27. The average molecular weight is 284 g/mol. The van der Waals surface area contributed by atoms with Crippen molar-refractivity contribution >= 4 is 0 Å². The molecular weight excluding hydrogens is 254 g/mol. The van der Waals surface area contributed by atoms with Crippen molar-refractivity contribution in [3.05, 3.63) is 0 Å². The van der Waals surface area contributed by atoms with Crippen molar-refractivity contribution in [2.24, 2.45) is 29.6 Å². The number of rotatable bonds is 2. The van der Waals surface area contributed by atoms with Crippen LogP contribution in [0.1, 0.15) is 71.1 Å². The maximum absolute atomic E-state index is 14.3. The SMILES string of the molecule is CC1CCC(C2CCC(C3CCCC3)CC2)C(F)C1F. The zero-order valence-electron chi connectivity index (χ0n) is 12.9. The van der Waals surface area contributed by atoms with Gasteiger partial charge in [0.1, 0.15) is 12.3 Å². The fourth-order valence-corrected chi connectivity index (χ4v) is 5.29. The van der Waals surface area contributed by atoms with E-state index in [1.54, 1.807) is 0 Å². The van der Waals surface area contributed by atoms with Crippen LogP contribution in [0, 0.1) is 29.6 Å². The predicted molar refractivity (Wildman–Crippen MR) is 79.1 cm³/mol. The van der Waals surface area contributed by atoms with Gasteiger partial charge in [-0.05, 0) is 68.1 Å². The summed E-state index contributed by atoms with van der Waals surface area (Å²) in [7, 11) is 0. The molecular formula is C18H30F2. The largest absolute Gasteiger partial charge is 0.244 e. The Labute approximate surface area is 122 Å². The molecule has 0 nitrogen and oxygen atoms in total. The average Bonchev–Trinajstić information content (AvgIpc) is 3.00. The van der Waals surface area contributed by atoms with Gasteiger partial charge in [-0.15, -0.1) is 0 Å². The molecule has 0 spiro atoms. The first-order valence-electron chi connectivity index (χ1n) is 8.95. The van der Waals surface area contributed by atoms with Gasteiger partial charge in [-0.2, -0.15) is 0 Å². The van der Waals surface area contributed by atoms with E-state index >= 15 is 0 Å². The molecule has 0 aromatic carbocycles. The van der Waals surface area contributed by atoms with Gasteiger partial charge in [-0.1, -0.05) is 32.6 Å². The molecule has 0 amide bonds. The van der Waals surface area contributed by atoms with E-state index in [1.165, 1.54) is 38.5 Å². The molecule has 4 unspecified atom stereocenters. The zero-order chi connectivity index (χ0) is 14.1. The summed E-state index contributed by atoms with van der Waals surface area (Å²) in [6.45, 7) is 1.87. The predicted octanol–water partition coefficient (Wildman–Crippen LogP) is 5.71. The van der Waals surface area contributed by atoms with Crippen molar-refractivity contribution in [3.8, 4) is 0 Å². The van der Waals surface area contributed by atoms with E-state index in [4.69, 9.17) is 0 Å². The Bertz CT molecular complexity index is 303. The minimum absolute atomic E-state index is 0.0192. The van der Waals surface area contributed by atoms with Crippen molar-refractivity contribution in [2.45, 2.75) is 83.5 Å². The second-order valence-electron chi connectivity index (χ2n) is 7.83. The first-order valence-corrected chi connectivity index (χ1v) is 8.95. The second-order valence-corrected chi connectivity index (χ2v) is 7.83. The summed E-state index contributed by atoms with van der Waals surface area (Å²) in [5, 5.41) is 0. The fraction of sp³-hybridized carbons (Fsp3) is 1.00. The highest BCUT2D eigenvalue weighted by atomic mass is 19.2. The molecule has 116 valence electrons. The van der Waals surface area contributed by atoms with Crippen molar-refractivity contribution < 1.29 is 8.78 Å². The van der Waals surface area contributed by atoms with Gasteiger partial charge in [0.25, 0.3) is 0 Å². The normalized spacial score (nSPS) is 47.5. The Kier molecular flexibility index (Phi) is 4.67. The maximum Gasteiger partial charge on any atom is 0.134 e. The standard InChI is InChI=1S/C18H30F2/c1-12-6-11-16(18(20)17(12)19)15-9-7-14(8-10-15)13-4-2-3-5-13/h12-18H,2-11H2,1H3. The van der Waals surface area contributed by atoms with Crippen LogP contribution in [0.2, 0.25) is 0 Å². The van der Waals surface area contributed by atoms with Gasteiger partial charge in [-0.3, -0.25) is 0 Å². The van der Waals surface area contributed by atoms with Gasteiger partial charge in [0.15, 0.2) is 0 Å². The topological polar surface area (TPSA) is 0 Å². The molecule has 0 N–H and O–H groups in total. The Morgan fingerprint density at radius 3 is 1.80 bits per heavy atom. The molecule has 0 radical (unpaired) electrons. The van der Waals surface area contributed by atoms with Crippen molar-refractivity contribution in [2.75, 3.05) is 0 Å². The first kappa shape index (κ1) is 14.8. The summed E-state index contributed by atoms with van der Waals surface area (Å²) in [6.07, 6.45) is 9.98. The van der Waals surface area contributed by atoms with Crippen molar-refractivity contribution in [1.82, 2.24) is 0 Å². The lowest BCUT2D eigenvalue weighted by molar-refractivity contribution is -0.00859. The molecule has 3 aliphatic carbocycles. The zero-order valence-corrected chi connectivity index (χ0v) is 12.9. The van der Waals surface area contributed by atoms with Crippen LogP contribution in [0.3, 0.4) is 0 Å². The maximum atomic E-state index is 14.3. The highest BCUT2D eigenvalue weighted by Gasteiger charge is 2.43. The minimum Gasteiger partial charge on any atom is -0.244 e. The van der Waals surface area contributed by atoms with Crippen molar-refractivity contribution in [1.29, 1.82) is 0 Å². The third-order valence-corrected chi connectivity index (χ3v) is 6.70. The van der Waals surface area contributed by atoms with Crippen LogP contribution >= 0.6 is 0 Å². The van der Waals surface area contributed by atoms with Crippen LogP contribution < -0.4 is 0 Å². The number of hydrogen-bond donors (Lipinski definition) is 0. The molecule has 0 aliphatic heterocycles. The van der Waals surface area contributed by atoms with E-state index in [1.807, 2.05) is 6.92 Å². The van der Waals surface area contributed by atoms with Crippen LogP contribution in [0.4, 0.5) is 8.78 Å². The van der Waals surface area contributed by atoms with Crippen LogP contribution in [-0.2, 0) is 0 Å². The van der Waals surface area contributed by atoms with Crippen LogP contribution in [-0.4, -0.2) is 12.3 Å². The van der Waals surface area contributed by atoms with Gasteiger partial charge in [0, 0.05) is 0 Å². The molecule has 0 heterocycles. The van der Waals surface area contributed by atoms with Crippen LogP contribution in [0.5, 0.6) is 0 Å². The van der Waals surface area contributed by atoms with E-state index in [2.05, 4.69) is 0 Å². The number of halogens is 2. The summed E-state index contributed by atoms with van der Waals surface area (Å²) < 4.78 is 28.2. The Balaban J connectivity index is 1.52. The van der Waals surface area contributed by atoms with E-state index < -0.39 is 12.3 Å². The summed E-state index contributed by atoms with van der Waals surface area (Å²) >= 11 is 0. The Morgan fingerprint density at radius 1 is 0.600 bits per heavy atom. The van der Waals surface area contributed by atoms with E-state index in [0.29, 0.717) is 5.92 Å².